The quantitative estimate of drug-likeness (QED) is 0.639. The van der Waals surface area contributed by atoms with E-state index in [1.54, 1.807) is 29.8 Å². The fraction of sp³-hybridized carbons (Fsp3) is 0.143. The molecule has 2 heterocycles. The highest BCUT2D eigenvalue weighted by molar-refractivity contribution is 7.37. The molecule has 0 atom stereocenters. The minimum absolute atomic E-state index is 1.00. The van der Waals surface area contributed by atoms with E-state index in [2.05, 4.69) is 11.4 Å². The standard InChI is InChI=1S/C7H6OS2/c1-8-6-4-10-7-5(6)2-3-9-7/h2-4H,1H3. The SMILES string of the molecule is COc1csc2sccc12. The summed E-state index contributed by atoms with van der Waals surface area (Å²) in [5.74, 6) is 1.00. The van der Waals surface area contributed by atoms with Gasteiger partial charge in [-0.25, -0.2) is 0 Å². The molecular weight excluding hydrogens is 164 g/mol. The summed E-state index contributed by atoms with van der Waals surface area (Å²) in [6.45, 7) is 0. The van der Waals surface area contributed by atoms with E-state index in [9.17, 15) is 0 Å². The minimum Gasteiger partial charge on any atom is -0.495 e. The molecule has 52 valence electrons. The predicted octanol–water partition coefficient (Wildman–Crippen LogP) is 2.97. The van der Waals surface area contributed by atoms with Crippen molar-refractivity contribution >= 4 is 32.1 Å². The fourth-order valence-electron chi connectivity index (χ4n) is 0.898. The van der Waals surface area contributed by atoms with Gasteiger partial charge in [-0.15, -0.1) is 22.7 Å². The Bertz CT molecular complexity index is 334. The third-order valence-electron chi connectivity index (χ3n) is 1.39. The molecule has 2 rings (SSSR count). The van der Waals surface area contributed by atoms with E-state index in [1.165, 1.54) is 9.40 Å². The molecule has 0 radical (unpaired) electrons. The number of fused-ring (bicyclic) bond motifs is 1. The number of hydrogen-bond donors (Lipinski definition) is 0. The number of ether oxygens (including phenoxy) is 1. The molecular formula is C7H6OS2. The van der Waals surface area contributed by atoms with Crippen LogP contribution < -0.4 is 4.74 Å². The van der Waals surface area contributed by atoms with Gasteiger partial charge < -0.3 is 4.74 Å². The Kier molecular flexibility index (Phi) is 1.39. The zero-order valence-corrected chi connectivity index (χ0v) is 7.09. The lowest BCUT2D eigenvalue weighted by Crippen LogP contribution is -1.76. The van der Waals surface area contributed by atoms with Gasteiger partial charge in [-0.1, -0.05) is 0 Å². The van der Waals surface area contributed by atoms with Crippen molar-refractivity contribution in [1.29, 1.82) is 0 Å². The van der Waals surface area contributed by atoms with Crippen molar-refractivity contribution in [2.24, 2.45) is 0 Å². The minimum atomic E-state index is 1.00. The maximum absolute atomic E-state index is 5.14. The van der Waals surface area contributed by atoms with Gasteiger partial charge in [-0.05, 0) is 11.4 Å². The lowest BCUT2D eigenvalue weighted by Gasteiger charge is -1.90. The Morgan fingerprint density at radius 3 is 3.10 bits per heavy atom. The summed E-state index contributed by atoms with van der Waals surface area (Å²) in [6, 6.07) is 2.09. The maximum atomic E-state index is 5.14. The van der Waals surface area contributed by atoms with Gasteiger partial charge in [-0.3, -0.25) is 0 Å². The van der Waals surface area contributed by atoms with Crippen LogP contribution in [0.3, 0.4) is 0 Å². The third-order valence-corrected chi connectivity index (χ3v) is 3.44. The first-order chi connectivity index (χ1) is 4.92. The van der Waals surface area contributed by atoms with Gasteiger partial charge in [0.2, 0.25) is 0 Å². The van der Waals surface area contributed by atoms with Crippen LogP contribution in [0.5, 0.6) is 5.75 Å². The second-order valence-electron chi connectivity index (χ2n) is 1.93. The molecule has 2 aromatic rings. The molecule has 0 aliphatic heterocycles. The lowest BCUT2D eigenvalue weighted by atomic mass is 10.4. The summed E-state index contributed by atoms with van der Waals surface area (Å²) >= 11 is 3.50. The molecule has 2 aromatic heterocycles. The molecule has 0 bridgehead atoms. The normalized spacial score (nSPS) is 10.5. The van der Waals surface area contributed by atoms with Crippen molar-refractivity contribution in [1.82, 2.24) is 0 Å². The predicted molar refractivity (Wildman–Crippen MR) is 46.3 cm³/mol. The van der Waals surface area contributed by atoms with Crippen LogP contribution in [0.2, 0.25) is 0 Å². The molecule has 0 amide bonds. The molecule has 0 aliphatic carbocycles. The molecule has 0 saturated heterocycles. The fourth-order valence-corrected chi connectivity index (χ4v) is 2.79. The maximum Gasteiger partial charge on any atom is 0.138 e. The van der Waals surface area contributed by atoms with Gasteiger partial charge in [0.05, 0.1) is 11.1 Å². The first-order valence-electron chi connectivity index (χ1n) is 2.90. The van der Waals surface area contributed by atoms with Crippen LogP contribution in [0.1, 0.15) is 0 Å². The van der Waals surface area contributed by atoms with Gasteiger partial charge in [-0.2, -0.15) is 0 Å². The van der Waals surface area contributed by atoms with Crippen molar-refractivity contribution in [2.45, 2.75) is 0 Å². The van der Waals surface area contributed by atoms with Crippen LogP contribution in [-0.2, 0) is 0 Å². The Morgan fingerprint density at radius 1 is 1.40 bits per heavy atom. The van der Waals surface area contributed by atoms with E-state index in [4.69, 9.17) is 4.74 Å². The summed E-state index contributed by atoms with van der Waals surface area (Å²) in [5, 5.41) is 5.38. The van der Waals surface area contributed by atoms with E-state index in [0.717, 1.165) is 5.75 Å². The van der Waals surface area contributed by atoms with Crippen molar-refractivity contribution < 1.29 is 4.74 Å². The van der Waals surface area contributed by atoms with Crippen molar-refractivity contribution in [2.75, 3.05) is 7.11 Å². The van der Waals surface area contributed by atoms with Gasteiger partial charge in [0, 0.05) is 10.8 Å². The van der Waals surface area contributed by atoms with E-state index in [-0.39, 0.29) is 0 Å². The van der Waals surface area contributed by atoms with Gasteiger partial charge in [0.15, 0.2) is 0 Å². The highest BCUT2D eigenvalue weighted by Crippen LogP contribution is 2.35. The highest BCUT2D eigenvalue weighted by atomic mass is 32.2. The van der Waals surface area contributed by atoms with Crippen LogP contribution in [-0.4, -0.2) is 7.11 Å². The molecule has 0 N–H and O–H groups in total. The van der Waals surface area contributed by atoms with Crippen LogP contribution in [0.25, 0.3) is 9.40 Å². The van der Waals surface area contributed by atoms with E-state index in [0.29, 0.717) is 0 Å². The zero-order chi connectivity index (χ0) is 6.97. The number of methoxy groups -OCH3 is 1. The third kappa shape index (κ3) is 0.744. The average Bonchev–Trinajstić information content (AvgIpc) is 2.44. The Balaban J connectivity index is 2.76. The van der Waals surface area contributed by atoms with E-state index >= 15 is 0 Å². The van der Waals surface area contributed by atoms with Crippen LogP contribution in [0.4, 0.5) is 0 Å². The molecule has 0 spiro atoms. The lowest BCUT2D eigenvalue weighted by molar-refractivity contribution is 0.421. The van der Waals surface area contributed by atoms with Crippen molar-refractivity contribution in [3.63, 3.8) is 0 Å². The molecule has 0 aromatic carbocycles. The molecule has 0 fully saturated rings. The largest absolute Gasteiger partial charge is 0.495 e. The summed E-state index contributed by atoms with van der Waals surface area (Å²) in [4.78, 5) is 0. The van der Waals surface area contributed by atoms with Crippen molar-refractivity contribution in [3.8, 4) is 5.75 Å². The molecule has 3 heteroatoms. The average molecular weight is 170 g/mol. The molecule has 0 saturated carbocycles. The van der Waals surface area contributed by atoms with E-state index < -0.39 is 0 Å². The number of rotatable bonds is 1. The second kappa shape index (κ2) is 2.25. The van der Waals surface area contributed by atoms with E-state index in [1.807, 2.05) is 5.38 Å². The summed E-state index contributed by atoms with van der Waals surface area (Å²) in [7, 11) is 1.71. The molecule has 10 heavy (non-hydrogen) atoms. The molecule has 0 unspecified atom stereocenters. The zero-order valence-electron chi connectivity index (χ0n) is 5.46. The van der Waals surface area contributed by atoms with Gasteiger partial charge in [0.1, 0.15) is 5.75 Å². The number of thiophene rings is 2. The first kappa shape index (κ1) is 6.19. The summed E-state index contributed by atoms with van der Waals surface area (Å²) in [6.07, 6.45) is 0. The van der Waals surface area contributed by atoms with Crippen molar-refractivity contribution in [3.05, 3.63) is 16.8 Å². The van der Waals surface area contributed by atoms with Crippen LogP contribution in [0.15, 0.2) is 16.8 Å². The molecule has 1 nitrogen and oxygen atoms in total. The monoisotopic (exact) mass is 170 g/mol. The smallest absolute Gasteiger partial charge is 0.138 e. The van der Waals surface area contributed by atoms with Crippen LogP contribution >= 0.6 is 22.7 Å². The van der Waals surface area contributed by atoms with Crippen LogP contribution in [0, 0.1) is 0 Å². The molecule has 0 aliphatic rings. The topological polar surface area (TPSA) is 9.23 Å². The van der Waals surface area contributed by atoms with Gasteiger partial charge in [0.25, 0.3) is 0 Å². The summed E-state index contributed by atoms with van der Waals surface area (Å²) < 4.78 is 6.49. The second-order valence-corrected chi connectivity index (χ2v) is 3.98. The Morgan fingerprint density at radius 2 is 2.30 bits per heavy atom. The Hall–Kier alpha value is -0.540. The Labute approximate surface area is 66.9 Å². The highest BCUT2D eigenvalue weighted by Gasteiger charge is 2.02. The number of hydrogen-bond acceptors (Lipinski definition) is 3. The van der Waals surface area contributed by atoms with Gasteiger partial charge >= 0.3 is 0 Å². The summed E-state index contributed by atoms with van der Waals surface area (Å²) in [5.41, 5.74) is 0. The first-order valence-corrected chi connectivity index (χ1v) is 4.66.